The average Bonchev–Trinajstić information content (AvgIpc) is 2.98. The molecule has 0 saturated carbocycles. The summed E-state index contributed by atoms with van der Waals surface area (Å²) in [6.45, 7) is 2.79. The maximum atomic E-state index is 8.99. The van der Waals surface area contributed by atoms with Crippen LogP contribution in [0.25, 0.3) is 0 Å². The molecule has 1 fully saturated rings. The van der Waals surface area contributed by atoms with Crippen LogP contribution in [0.4, 0.5) is 11.8 Å². The Bertz CT molecular complexity index is 449. The molecule has 1 aromatic rings. The number of aromatic nitrogens is 2. The molecule has 6 heteroatoms. The molecule has 0 amide bonds. The van der Waals surface area contributed by atoms with Gasteiger partial charge in [0, 0.05) is 19.6 Å². The predicted octanol–water partition coefficient (Wildman–Crippen LogP) is 1.52. The van der Waals surface area contributed by atoms with Gasteiger partial charge in [-0.3, -0.25) is 0 Å². The van der Waals surface area contributed by atoms with Gasteiger partial charge in [0.05, 0.1) is 17.2 Å². The second kappa shape index (κ2) is 5.96. The van der Waals surface area contributed by atoms with Crippen LogP contribution in [-0.4, -0.2) is 47.1 Å². The van der Waals surface area contributed by atoms with E-state index in [1.807, 2.05) is 11.8 Å². The van der Waals surface area contributed by atoms with Crippen LogP contribution in [0.5, 0.6) is 0 Å². The molecule has 2 aliphatic rings. The van der Waals surface area contributed by atoms with E-state index in [4.69, 9.17) is 10.1 Å². The van der Waals surface area contributed by atoms with Crippen molar-refractivity contribution in [2.24, 2.45) is 0 Å². The minimum Gasteiger partial charge on any atom is -0.395 e. The van der Waals surface area contributed by atoms with E-state index in [0.29, 0.717) is 6.54 Å². The van der Waals surface area contributed by atoms with Crippen LogP contribution in [0.2, 0.25) is 0 Å². The maximum Gasteiger partial charge on any atom is 0.227 e. The molecule has 0 aromatic carbocycles. The van der Waals surface area contributed by atoms with E-state index in [1.54, 1.807) is 0 Å². The van der Waals surface area contributed by atoms with Gasteiger partial charge >= 0.3 is 0 Å². The summed E-state index contributed by atoms with van der Waals surface area (Å²) in [6.07, 6.45) is 4.69. The second-order valence-electron chi connectivity index (χ2n) is 4.94. The molecule has 1 aromatic heterocycles. The van der Waals surface area contributed by atoms with Crippen molar-refractivity contribution >= 4 is 23.5 Å². The van der Waals surface area contributed by atoms with Crippen molar-refractivity contribution in [2.45, 2.75) is 30.6 Å². The lowest BCUT2D eigenvalue weighted by molar-refractivity contribution is 0.311. The fourth-order valence-corrected chi connectivity index (χ4v) is 3.63. The highest BCUT2D eigenvalue weighted by Crippen LogP contribution is 2.35. The number of hydrogen-bond acceptors (Lipinski definition) is 6. The summed E-state index contributed by atoms with van der Waals surface area (Å²) in [5.41, 5.74) is 1.17. The molecular weight excluding hydrogens is 260 g/mol. The molecule has 19 heavy (non-hydrogen) atoms. The van der Waals surface area contributed by atoms with Gasteiger partial charge in [-0.2, -0.15) is 4.98 Å². The Morgan fingerprint density at radius 3 is 2.84 bits per heavy atom. The van der Waals surface area contributed by atoms with E-state index >= 15 is 0 Å². The number of aryl methyl sites for hydroxylation is 1. The van der Waals surface area contributed by atoms with Crippen molar-refractivity contribution in [3.8, 4) is 0 Å². The highest BCUT2D eigenvalue weighted by molar-refractivity contribution is 7.99. The largest absolute Gasteiger partial charge is 0.395 e. The van der Waals surface area contributed by atoms with Gasteiger partial charge in [0.15, 0.2) is 0 Å². The van der Waals surface area contributed by atoms with Crippen molar-refractivity contribution in [3.63, 3.8) is 0 Å². The zero-order chi connectivity index (χ0) is 13.1. The van der Waals surface area contributed by atoms with Gasteiger partial charge in [-0.05, 0) is 31.4 Å². The molecule has 1 saturated heterocycles. The molecule has 0 atom stereocenters. The summed E-state index contributed by atoms with van der Waals surface area (Å²) in [5, 5.41) is 12.2. The summed E-state index contributed by atoms with van der Waals surface area (Å²) >= 11 is 1.83. The molecule has 3 rings (SSSR count). The lowest BCUT2D eigenvalue weighted by Gasteiger charge is -2.22. The number of nitrogens with zero attached hydrogens (tertiary/aromatic N) is 3. The molecule has 3 heterocycles. The molecule has 104 valence electrons. The van der Waals surface area contributed by atoms with Crippen LogP contribution in [-0.2, 0) is 6.42 Å². The molecule has 0 unspecified atom stereocenters. The third-order valence-corrected chi connectivity index (χ3v) is 4.73. The first-order valence-corrected chi connectivity index (χ1v) is 8.00. The second-order valence-corrected chi connectivity index (χ2v) is 6.05. The fraction of sp³-hybridized carbons (Fsp3) is 0.692. The van der Waals surface area contributed by atoms with E-state index in [0.717, 1.165) is 37.0 Å². The van der Waals surface area contributed by atoms with Gasteiger partial charge in [0.2, 0.25) is 5.95 Å². The lowest BCUT2D eigenvalue weighted by atomic mass is 10.2. The quantitative estimate of drug-likeness (QED) is 0.872. The molecular formula is C13H20N4OS. The molecule has 0 spiro atoms. The van der Waals surface area contributed by atoms with Crippen molar-refractivity contribution in [1.82, 2.24) is 9.97 Å². The zero-order valence-corrected chi connectivity index (χ0v) is 11.9. The van der Waals surface area contributed by atoms with Crippen LogP contribution < -0.4 is 10.2 Å². The summed E-state index contributed by atoms with van der Waals surface area (Å²) in [7, 11) is 0. The molecule has 0 aliphatic carbocycles. The minimum absolute atomic E-state index is 0.127. The van der Waals surface area contributed by atoms with Crippen LogP contribution in [0.3, 0.4) is 0 Å². The van der Waals surface area contributed by atoms with E-state index < -0.39 is 0 Å². The monoisotopic (exact) mass is 280 g/mol. The van der Waals surface area contributed by atoms with Gasteiger partial charge in [0.1, 0.15) is 5.82 Å². The van der Waals surface area contributed by atoms with E-state index in [1.165, 1.54) is 29.9 Å². The van der Waals surface area contributed by atoms with Gasteiger partial charge in [-0.1, -0.05) is 0 Å². The maximum absolute atomic E-state index is 8.99. The van der Waals surface area contributed by atoms with Gasteiger partial charge in [0.25, 0.3) is 0 Å². The summed E-state index contributed by atoms with van der Waals surface area (Å²) in [4.78, 5) is 12.9. The fourth-order valence-electron chi connectivity index (χ4n) is 2.57. The molecule has 2 N–H and O–H groups in total. The standard InChI is InChI=1S/C13H20N4OS/c18-8-5-14-12-11-10(4-3-9-19-11)15-13(16-12)17-6-1-2-7-17/h18H,1-9H2,(H,14,15,16). The van der Waals surface area contributed by atoms with Crippen molar-refractivity contribution < 1.29 is 5.11 Å². The van der Waals surface area contributed by atoms with Gasteiger partial charge in [-0.15, -0.1) is 11.8 Å². The third kappa shape index (κ3) is 2.79. The number of nitrogens with one attached hydrogen (secondary N) is 1. The Labute approximate surface area is 117 Å². The number of thioether (sulfide) groups is 1. The SMILES string of the molecule is OCCNc1nc(N2CCCC2)nc2c1SCCC2. The van der Waals surface area contributed by atoms with E-state index in [-0.39, 0.29) is 6.61 Å². The van der Waals surface area contributed by atoms with Crippen molar-refractivity contribution in [2.75, 3.05) is 42.2 Å². The number of anilines is 2. The molecule has 0 radical (unpaired) electrons. The minimum atomic E-state index is 0.127. The topological polar surface area (TPSA) is 61.3 Å². The number of fused-ring (bicyclic) bond motifs is 1. The number of hydrogen-bond donors (Lipinski definition) is 2. The Morgan fingerprint density at radius 1 is 1.21 bits per heavy atom. The Morgan fingerprint density at radius 2 is 2.05 bits per heavy atom. The Hall–Kier alpha value is -1.01. The highest BCUT2D eigenvalue weighted by Gasteiger charge is 2.22. The Balaban J connectivity index is 1.92. The van der Waals surface area contributed by atoms with Crippen LogP contribution in [0, 0.1) is 0 Å². The smallest absolute Gasteiger partial charge is 0.227 e. The molecule has 0 bridgehead atoms. The number of aliphatic hydroxyl groups is 1. The normalized spacial score (nSPS) is 18.5. The third-order valence-electron chi connectivity index (χ3n) is 3.52. The first-order valence-electron chi connectivity index (χ1n) is 7.02. The van der Waals surface area contributed by atoms with Crippen molar-refractivity contribution in [3.05, 3.63) is 5.69 Å². The van der Waals surface area contributed by atoms with Gasteiger partial charge in [-0.25, -0.2) is 4.98 Å². The first-order chi connectivity index (χ1) is 9.38. The summed E-state index contributed by atoms with van der Waals surface area (Å²) in [6, 6.07) is 0. The highest BCUT2D eigenvalue weighted by atomic mass is 32.2. The van der Waals surface area contributed by atoms with Crippen LogP contribution in [0.15, 0.2) is 4.90 Å². The zero-order valence-electron chi connectivity index (χ0n) is 11.1. The lowest BCUT2D eigenvalue weighted by Crippen LogP contribution is -2.23. The van der Waals surface area contributed by atoms with E-state index in [9.17, 15) is 0 Å². The summed E-state index contributed by atoms with van der Waals surface area (Å²) < 4.78 is 0. The van der Waals surface area contributed by atoms with Crippen LogP contribution >= 0.6 is 11.8 Å². The predicted molar refractivity (Wildman–Crippen MR) is 78.1 cm³/mol. The first kappa shape index (κ1) is 13.0. The van der Waals surface area contributed by atoms with Gasteiger partial charge < -0.3 is 15.3 Å². The Kier molecular flexibility index (Phi) is 4.08. The average molecular weight is 280 g/mol. The molecule has 2 aliphatic heterocycles. The summed E-state index contributed by atoms with van der Waals surface area (Å²) in [5.74, 6) is 2.90. The molecule has 5 nitrogen and oxygen atoms in total. The number of rotatable bonds is 4. The van der Waals surface area contributed by atoms with Crippen molar-refractivity contribution in [1.29, 1.82) is 0 Å². The van der Waals surface area contributed by atoms with Crippen LogP contribution in [0.1, 0.15) is 25.0 Å². The number of aliphatic hydroxyl groups excluding tert-OH is 1. The van der Waals surface area contributed by atoms with E-state index in [2.05, 4.69) is 15.2 Å².